The molecule has 1 aromatic rings. The maximum absolute atomic E-state index is 12.9. The Morgan fingerprint density at radius 1 is 1.27 bits per heavy atom. The highest BCUT2D eigenvalue weighted by atomic mass is 16.5. The SMILES string of the molecule is CCOc1ccccc1N1CC(C(=O)N2CCC(CNC)CC2)CC1=O. The molecule has 0 bridgehead atoms. The van der Waals surface area contributed by atoms with Crippen molar-refractivity contribution in [2.45, 2.75) is 26.2 Å². The minimum absolute atomic E-state index is 0.000530. The number of likely N-dealkylation sites (tertiary alicyclic amines) is 1. The Hall–Kier alpha value is -2.08. The van der Waals surface area contributed by atoms with Crippen LogP contribution in [0, 0.1) is 11.8 Å². The van der Waals surface area contributed by atoms with E-state index in [4.69, 9.17) is 4.74 Å². The van der Waals surface area contributed by atoms with Crippen LogP contribution in [-0.2, 0) is 9.59 Å². The molecule has 0 saturated carbocycles. The van der Waals surface area contributed by atoms with E-state index in [0.717, 1.165) is 38.2 Å². The second-order valence-electron chi connectivity index (χ2n) is 7.13. The summed E-state index contributed by atoms with van der Waals surface area (Å²) in [5.74, 6) is 1.21. The van der Waals surface area contributed by atoms with Gasteiger partial charge in [-0.1, -0.05) is 12.1 Å². The second-order valence-corrected chi connectivity index (χ2v) is 7.13. The third-order valence-corrected chi connectivity index (χ3v) is 5.35. The van der Waals surface area contributed by atoms with Crippen molar-refractivity contribution in [3.05, 3.63) is 24.3 Å². The lowest BCUT2D eigenvalue weighted by Crippen LogP contribution is -2.43. The quantitative estimate of drug-likeness (QED) is 0.843. The van der Waals surface area contributed by atoms with Crippen LogP contribution in [0.3, 0.4) is 0 Å². The van der Waals surface area contributed by atoms with Gasteiger partial charge in [0, 0.05) is 26.1 Å². The van der Waals surface area contributed by atoms with Gasteiger partial charge in [0.05, 0.1) is 18.2 Å². The monoisotopic (exact) mass is 359 g/mol. The molecule has 2 fully saturated rings. The Bertz CT molecular complexity index is 641. The minimum Gasteiger partial charge on any atom is -0.492 e. The molecule has 0 aliphatic carbocycles. The standard InChI is InChI=1S/C20H29N3O3/c1-3-26-18-7-5-4-6-17(18)23-14-16(12-19(23)24)20(25)22-10-8-15(9-11-22)13-21-2/h4-7,15-16,21H,3,8-14H2,1-2H3. The number of rotatable bonds is 6. The Balaban J connectivity index is 1.64. The van der Waals surface area contributed by atoms with Gasteiger partial charge in [-0.25, -0.2) is 0 Å². The van der Waals surface area contributed by atoms with Crippen LogP contribution in [-0.4, -0.2) is 56.5 Å². The number of benzene rings is 1. The van der Waals surface area contributed by atoms with Gasteiger partial charge in [-0.15, -0.1) is 0 Å². The first kappa shape index (κ1) is 18.7. The molecule has 2 aliphatic heterocycles. The largest absolute Gasteiger partial charge is 0.492 e. The van der Waals surface area contributed by atoms with Gasteiger partial charge in [-0.3, -0.25) is 9.59 Å². The summed E-state index contributed by atoms with van der Waals surface area (Å²) in [5, 5.41) is 3.22. The van der Waals surface area contributed by atoms with Crippen LogP contribution in [0.1, 0.15) is 26.2 Å². The first-order valence-electron chi connectivity index (χ1n) is 9.59. The Labute approximate surface area is 155 Å². The number of nitrogens with one attached hydrogen (secondary N) is 1. The number of carbonyl (C=O) groups is 2. The van der Waals surface area contributed by atoms with Crippen molar-refractivity contribution >= 4 is 17.5 Å². The van der Waals surface area contributed by atoms with Gasteiger partial charge in [0.2, 0.25) is 11.8 Å². The molecular weight excluding hydrogens is 330 g/mol. The number of carbonyl (C=O) groups excluding carboxylic acids is 2. The highest BCUT2D eigenvalue weighted by molar-refractivity contribution is 6.01. The molecule has 1 N–H and O–H groups in total. The molecule has 0 radical (unpaired) electrons. The Morgan fingerprint density at radius 3 is 2.69 bits per heavy atom. The minimum atomic E-state index is -0.252. The van der Waals surface area contributed by atoms with Gasteiger partial charge in [0.25, 0.3) is 0 Å². The van der Waals surface area contributed by atoms with Crippen LogP contribution >= 0.6 is 0 Å². The van der Waals surface area contributed by atoms with Crippen molar-refractivity contribution in [3.8, 4) is 5.75 Å². The fraction of sp³-hybridized carbons (Fsp3) is 0.600. The smallest absolute Gasteiger partial charge is 0.228 e. The predicted octanol–water partition coefficient (Wildman–Crippen LogP) is 1.90. The molecule has 6 nitrogen and oxygen atoms in total. The van der Waals surface area contributed by atoms with E-state index in [1.807, 2.05) is 43.1 Å². The van der Waals surface area contributed by atoms with E-state index >= 15 is 0 Å². The molecule has 0 spiro atoms. The van der Waals surface area contributed by atoms with Gasteiger partial charge >= 0.3 is 0 Å². The highest BCUT2D eigenvalue weighted by Crippen LogP contribution is 2.34. The zero-order chi connectivity index (χ0) is 18.5. The fourth-order valence-electron chi connectivity index (χ4n) is 3.97. The average Bonchev–Trinajstić information content (AvgIpc) is 3.04. The Morgan fingerprint density at radius 2 is 2.00 bits per heavy atom. The maximum Gasteiger partial charge on any atom is 0.228 e. The van der Waals surface area contributed by atoms with E-state index in [2.05, 4.69) is 5.32 Å². The topological polar surface area (TPSA) is 61.9 Å². The third-order valence-electron chi connectivity index (χ3n) is 5.35. The molecule has 26 heavy (non-hydrogen) atoms. The van der Waals surface area contributed by atoms with E-state index in [0.29, 0.717) is 24.8 Å². The van der Waals surface area contributed by atoms with Crippen molar-refractivity contribution in [2.75, 3.05) is 44.7 Å². The number of piperidine rings is 1. The van der Waals surface area contributed by atoms with Crippen LogP contribution in [0.4, 0.5) is 5.69 Å². The lowest BCUT2D eigenvalue weighted by molar-refractivity contribution is -0.137. The summed E-state index contributed by atoms with van der Waals surface area (Å²) in [6, 6.07) is 7.55. The van der Waals surface area contributed by atoms with Crippen molar-refractivity contribution in [2.24, 2.45) is 11.8 Å². The lowest BCUT2D eigenvalue weighted by atomic mass is 9.95. The van der Waals surface area contributed by atoms with Crippen LogP contribution in [0.25, 0.3) is 0 Å². The van der Waals surface area contributed by atoms with E-state index < -0.39 is 0 Å². The molecule has 0 aromatic heterocycles. The molecule has 6 heteroatoms. The molecule has 1 unspecified atom stereocenters. The van der Waals surface area contributed by atoms with Crippen molar-refractivity contribution in [3.63, 3.8) is 0 Å². The molecule has 142 valence electrons. The van der Waals surface area contributed by atoms with Crippen LogP contribution in [0.5, 0.6) is 5.75 Å². The van der Waals surface area contributed by atoms with Gasteiger partial charge < -0.3 is 19.9 Å². The molecule has 3 rings (SSSR count). The number of nitrogens with zero attached hydrogens (tertiary/aromatic N) is 2. The molecule has 2 amide bonds. The van der Waals surface area contributed by atoms with Gasteiger partial charge in [-0.05, 0) is 51.4 Å². The molecule has 1 atom stereocenters. The Kier molecular flexibility index (Phi) is 6.14. The summed E-state index contributed by atoms with van der Waals surface area (Å²) in [6.07, 6.45) is 2.35. The normalized spacial score (nSPS) is 21.3. The molecule has 2 saturated heterocycles. The number of anilines is 1. The summed E-state index contributed by atoms with van der Waals surface area (Å²) in [7, 11) is 1.97. The van der Waals surface area contributed by atoms with Crippen molar-refractivity contribution in [1.29, 1.82) is 0 Å². The van der Waals surface area contributed by atoms with E-state index in [-0.39, 0.29) is 24.2 Å². The number of ether oxygens (including phenoxy) is 1. The summed E-state index contributed by atoms with van der Waals surface area (Å²) >= 11 is 0. The molecule has 2 aliphatic rings. The highest BCUT2D eigenvalue weighted by Gasteiger charge is 2.38. The van der Waals surface area contributed by atoms with E-state index in [1.165, 1.54) is 0 Å². The van der Waals surface area contributed by atoms with Gasteiger partial charge in [0.1, 0.15) is 5.75 Å². The predicted molar refractivity (Wildman–Crippen MR) is 101 cm³/mol. The third kappa shape index (κ3) is 4.01. The first-order valence-corrected chi connectivity index (χ1v) is 9.59. The van der Waals surface area contributed by atoms with Crippen LogP contribution < -0.4 is 15.0 Å². The average molecular weight is 359 g/mol. The molecule has 2 heterocycles. The van der Waals surface area contributed by atoms with E-state index in [1.54, 1.807) is 4.90 Å². The number of hydrogen-bond acceptors (Lipinski definition) is 4. The van der Waals surface area contributed by atoms with E-state index in [9.17, 15) is 9.59 Å². The van der Waals surface area contributed by atoms with Gasteiger partial charge in [-0.2, -0.15) is 0 Å². The van der Waals surface area contributed by atoms with Crippen LogP contribution in [0.15, 0.2) is 24.3 Å². The fourth-order valence-corrected chi connectivity index (χ4v) is 3.97. The summed E-state index contributed by atoms with van der Waals surface area (Å²) in [5.41, 5.74) is 0.766. The summed E-state index contributed by atoms with van der Waals surface area (Å²) in [4.78, 5) is 29.1. The number of amides is 2. The maximum atomic E-state index is 12.9. The first-order chi connectivity index (χ1) is 12.6. The zero-order valence-corrected chi connectivity index (χ0v) is 15.7. The lowest BCUT2D eigenvalue weighted by Gasteiger charge is -2.33. The zero-order valence-electron chi connectivity index (χ0n) is 15.7. The second kappa shape index (κ2) is 8.54. The van der Waals surface area contributed by atoms with Crippen molar-refractivity contribution < 1.29 is 14.3 Å². The number of hydrogen-bond donors (Lipinski definition) is 1. The number of para-hydroxylation sites is 2. The summed E-state index contributed by atoms with van der Waals surface area (Å²) < 4.78 is 5.65. The summed E-state index contributed by atoms with van der Waals surface area (Å²) in [6.45, 7) is 5.51. The van der Waals surface area contributed by atoms with Crippen LogP contribution in [0.2, 0.25) is 0 Å². The van der Waals surface area contributed by atoms with Gasteiger partial charge in [0.15, 0.2) is 0 Å². The van der Waals surface area contributed by atoms with Crippen molar-refractivity contribution in [1.82, 2.24) is 10.2 Å². The molecular formula is C20H29N3O3. The molecule has 1 aromatic carbocycles.